The van der Waals surface area contributed by atoms with Crippen LogP contribution in [-0.4, -0.2) is 42.5 Å². The minimum absolute atomic E-state index is 0.530. The molecule has 0 radical (unpaired) electrons. The standard InChI is InChI=1S/C14H21BrN2/c1-3-16-8-10-17(11-9-16)12(2)13-4-6-14(15)7-5-13/h4-7,12H,3,8-11H2,1-2H3. The summed E-state index contributed by atoms with van der Waals surface area (Å²) in [6, 6.07) is 9.24. The fourth-order valence-corrected chi connectivity index (χ4v) is 2.68. The van der Waals surface area contributed by atoms with Crippen molar-refractivity contribution in [3.63, 3.8) is 0 Å². The normalized spacial score (nSPS) is 20.4. The molecule has 2 rings (SSSR count). The SMILES string of the molecule is CCN1CCN(C(C)c2ccc(Br)cc2)CC1. The van der Waals surface area contributed by atoms with E-state index in [1.165, 1.54) is 38.3 Å². The third kappa shape index (κ3) is 3.30. The van der Waals surface area contributed by atoms with Crippen molar-refractivity contribution in [2.24, 2.45) is 0 Å². The zero-order valence-electron chi connectivity index (χ0n) is 10.7. The van der Waals surface area contributed by atoms with Crippen LogP contribution in [0.4, 0.5) is 0 Å². The maximum Gasteiger partial charge on any atom is 0.0320 e. The van der Waals surface area contributed by atoms with Crippen LogP contribution in [0, 0.1) is 0 Å². The number of hydrogen-bond acceptors (Lipinski definition) is 2. The molecule has 1 aromatic carbocycles. The summed E-state index contributed by atoms with van der Waals surface area (Å²) < 4.78 is 1.16. The Hall–Kier alpha value is -0.380. The van der Waals surface area contributed by atoms with Crippen LogP contribution >= 0.6 is 15.9 Å². The molecule has 17 heavy (non-hydrogen) atoms. The summed E-state index contributed by atoms with van der Waals surface area (Å²) in [7, 11) is 0. The van der Waals surface area contributed by atoms with Gasteiger partial charge in [-0.15, -0.1) is 0 Å². The summed E-state index contributed by atoms with van der Waals surface area (Å²) in [5.74, 6) is 0. The van der Waals surface area contributed by atoms with Gasteiger partial charge in [-0.2, -0.15) is 0 Å². The fourth-order valence-electron chi connectivity index (χ4n) is 2.42. The van der Waals surface area contributed by atoms with E-state index >= 15 is 0 Å². The van der Waals surface area contributed by atoms with Gasteiger partial charge in [0.25, 0.3) is 0 Å². The number of benzene rings is 1. The van der Waals surface area contributed by atoms with Crippen LogP contribution in [0.1, 0.15) is 25.5 Å². The van der Waals surface area contributed by atoms with Crippen molar-refractivity contribution < 1.29 is 0 Å². The highest BCUT2D eigenvalue weighted by Gasteiger charge is 2.20. The van der Waals surface area contributed by atoms with Crippen molar-refractivity contribution in [2.75, 3.05) is 32.7 Å². The molecule has 1 saturated heterocycles. The highest BCUT2D eigenvalue weighted by atomic mass is 79.9. The Labute approximate surface area is 113 Å². The average Bonchev–Trinajstić information content (AvgIpc) is 2.39. The van der Waals surface area contributed by atoms with E-state index in [2.05, 4.69) is 63.8 Å². The van der Waals surface area contributed by atoms with Crippen molar-refractivity contribution >= 4 is 15.9 Å². The number of likely N-dealkylation sites (N-methyl/N-ethyl adjacent to an activating group) is 1. The van der Waals surface area contributed by atoms with Crippen LogP contribution in [0.5, 0.6) is 0 Å². The first-order chi connectivity index (χ1) is 8.20. The summed E-state index contributed by atoms with van der Waals surface area (Å²) in [5, 5.41) is 0. The molecule has 1 atom stereocenters. The predicted octanol–water partition coefficient (Wildman–Crippen LogP) is 3.15. The van der Waals surface area contributed by atoms with Gasteiger partial charge in [0.05, 0.1) is 0 Å². The molecule has 1 heterocycles. The van der Waals surface area contributed by atoms with E-state index in [1.807, 2.05) is 0 Å². The Balaban J connectivity index is 1.96. The second-order valence-electron chi connectivity index (χ2n) is 4.70. The quantitative estimate of drug-likeness (QED) is 0.845. The molecule has 94 valence electrons. The Morgan fingerprint density at radius 1 is 1.12 bits per heavy atom. The summed E-state index contributed by atoms with van der Waals surface area (Å²) in [6.07, 6.45) is 0. The first-order valence-corrected chi connectivity index (χ1v) is 7.22. The van der Waals surface area contributed by atoms with Crippen molar-refractivity contribution in [2.45, 2.75) is 19.9 Å². The molecule has 1 fully saturated rings. The minimum atomic E-state index is 0.530. The van der Waals surface area contributed by atoms with E-state index in [0.717, 1.165) is 4.47 Å². The maximum atomic E-state index is 3.49. The largest absolute Gasteiger partial charge is 0.301 e. The van der Waals surface area contributed by atoms with Gasteiger partial charge < -0.3 is 4.90 Å². The molecule has 3 heteroatoms. The number of halogens is 1. The van der Waals surface area contributed by atoms with Crippen molar-refractivity contribution in [1.82, 2.24) is 9.80 Å². The third-order valence-corrected chi connectivity index (χ3v) is 4.28. The zero-order valence-corrected chi connectivity index (χ0v) is 12.3. The molecule has 0 N–H and O–H groups in total. The van der Waals surface area contributed by atoms with Crippen LogP contribution < -0.4 is 0 Å². The Morgan fingerprint density at radius 2 is 1.71 bits per heavy atom. The lowest BCUT2D eigenvalue weighted by molar-refractivity contribution is 0.106. The minimum Gasteiger partial charge on any atom is -0.301 e. The third-order valence-electron chi connectivity index (χ3n) is 3.75. The van der Waals surface area contributed by atoms with Gasteiger partial charge in [0, 0.05) is 36.7 Å². The van der Waals surface area contributed by atoms with Crippen LogP contribution in [0.25, 0.3) is 0 Å². The van der Waals surface area contributed by atoms with E-state index in [9.17, 15) is 0 Å². The van der Waals surface area contributed by atoms with Crippen molar-refractivity contribution in [1.29, 1.82) is 0 Å². The second-order valence-corrected chi connectivity index (χ2v) is 5.61. The summed E-state index contributed by atoms with van der Waals surface area (Å²) in [4.78, 5) is 5.10. The van der Waals surface area contributed by atoms with Gasteiger partial charge in [0.15, 0.2) is 0 Å². The van der Waals surface area contributed by atoms with Crippen LogP contribution in [-0.2, 0) is 0 Å². The lowest BCUT2D eigenvalue weighted by Gasteiger charge is -2.37. The number of nitrogens with zero attached hydrogens (tertiary/aromatic N) is 2. The molecule has 1 unspecified atom stereocenters. The predicted molar refractivity (Wildman–Crippen MR) is 76.2 cm³/mol. The van der Waals surface area contributed by atoms with Gasteiger partial charge >= 0.3 is 0 Å². The summed E-state index contributed by atoms with van der Waals surface area (Å²) >= 11 is 3.49. The molecule has 0 aromatic heterocycles. The van der Waals surface area contributed by atoms with Crippen LogP contribution in [0.3, 0.4) is 0 Å². The lowest BCUT2D eigenvalue weighted by atomic mass is 10.1. The van der Waals surface area contributed by atoms with E-state index < -0.39 is 0 Å². The highest BCUT2D eigenvalue weighted by molar-refractivity contribution is 9.10. The van der Waals surface area contributed by atoms with Crippen molar-refractivity contribution in [3.05, 3.63) is 34.3 Å². The Bertz CT molecular complexity index is 342. The smallest absolute Gasteiger partial charge is 0.0320 e. The summed E-state index contributed by atoms with van der Waals surface area (Å²) in [6.45, 7) is 10.5. The van der Waals surface area contributed by atoms with E-state index in [-0.39, 0.29) is 0 Å². The van der Waals surface area contributed by atoms with Gasteiger partial charge in [-0.3, -0.25) is 4.90 Å². The molecule has 1 aliphatic rings. The molecule has 2 nitrogen and oxygen atoms in total. The molecule has 0 spiro atoms. The Morgan fingerprint density at radius 3 is 2.24 bits per heavy atom. The fraction of sp³-hybridized carbons (Fsp3) is 0.571. The van der Waals surface area contributed by atoms with E-state index in [1.54, 1.807) is 0 Å². The average molecular weight is 297 g/mol. The van der Waals surface area contributed by atoms with Gasteiger partial charge in [0.1, 0.15) is 0 Å². The van der Waals surface area contributed by atoms with E-state index in [0.29, 0.717) is 6.04 Å². The Kier molecular flexibility index (Phi) is 4.60. The van der Waals surface area contributed by atoms with Crippen LogP contribution in [0.15, 0.2) is 28.7 Å². The maximum absolute atomic E-state index is 3.49. The van der Waals surface area contributed by atoms with E-state index in [4.69, 9.17) is 0 Å². The second kappa shape index (κ2) is 5.98. The molecule has 1 aromatic rings. The van der Waals surface area contributed by atoms with Crippen molar-refractivity contribution in [3.8, 4) is 0 Å². The topological polar surface area (TPSA) is 6.48 Å². The monoisotopic (exact) mass is 296 g/mol. The molecular formula is C14H21BrN2. The molecule has 0 aliphatic carbocycles. The molecule has 1 aliphatic heterocycles. The van der Waals surface area contributed by atoms with Gasteiger partial charge in [-0.05, 0) is 31.2 Å². The number of hydrogen-bond donors (Lipinski definition) is 0. The molecule has 0 saturated carbocycles. The van der Waals surface area contributed by atoms with Gasteiger partial charge in [-0.1, -0.05) is 35.0 Å². The molecule has 0 bridgehead atoms. The molecular weight excluding hydrogens is 276 g/mol. The van der Waals surface area contributed by atoms with Gasteiger partial charge in [-0.25, -0.2) is 0 Å². The zero-order chi connectivity index (χ0) is 12.3. The van der Waals surface area contributed by atoms with Crippen LogP contribution in [0.2, 0.25) is 0 Å². The van der Waals surface area contributed by atoms with Gasteiger partial charge in [0.2, 0.25) is 0 Å². The highest BCUT2D eigenvalue weighted by Crippen LogP contribution is 2.23. The first kappa shape index (κ1) is 13.1. The lowest BCUT2D eigenvalue weighted by Crippen LogP contribution is -2.46. The number of rotatable bonds is 3. The first-order valence-electron chi connectivity index (χ1n) is 6.42. The summed E-state index contributed by atoms with van der Waals surface area (Å²) in [5.41, 5.74) is 1.41. The number of piperazine rings is 1. The molecule has 0 amide bonds.